The van der Waals surface area contributed by atoms with Gasteiger partial charge in [-0.25, -0.2) is 0 Å². The summed E-state index contributed by atoms with van der Waals surface area (Å²) in [6, 6.07) is 16.3. The predicted molar refractivity (Wildman–Crippen MR) is 79.9 cm³/mol. The van der Waals surface area contributed by atoms with Crippen molar-refractivity contribution in [2.24, 2.45) is 0 Å². The fraction of sp³-hybridized carbons (Fsp3) is 0.250. The molecule has 0 radical (unpaired) electrons. The molecule has 0 amide bonds. The Morgan fingerprint density at radius 1 is 0.833 bits per heavy atom. The van der Waals surface area contributed by atoms with E-state index in [1.54, 1.807) is 0 Å². The van der Waals surface area contributed by atoms with E-state index in [0.29, 0.717) is 0 Å². The van der Waals surface area contributed by atoms with E-state index in [4.69, 9.17) is 0 Å². The van der Waals surface area contributed by atoms with Gasteiger partial charge in [-0.15, -0.1) is 0 Å². The molecule has 0 saturated carbocycles. The molecule has 0 N–H and O–H groups in total. The molecule has 2 rings (SSSR count). The Bertz CT molecular complexity index is 511. The summed E-state index contributed by atoms with van der Waals surface area (Å²) in [4.78, 5) is 0. The fourth-order valence-electron chi connectivity index (χ4n) is 2.03. The van der Waals surface area contributed by atoms with Crippen molar-refractivity contribution in [3.05, 3.63) is 59.7 Å². The normalized spacial score (nSPS) is 10.8. The van der Waals surface area contributed by atoms with Gasteiger partial charge in [0.1, 0.15) is 7.80 Å². The average Bonchev–Trinajstić information content (AvgIpc) is 2.46. The van der Waals surface area contributed by atoms with E-state index in [1.807, 2.05) is 24.3 Å². The maximum atomic E-state index is 12.6. The Balaban J connectivity index is 2.34. The van der Waals surface area contributed by atoms with Crippen LogP contribution in [0, 0.1) is 0 Å². The van der Waals surface area contributed by atoms with Gasteiger partial charge in [0.05, 0.1) is 0 Å². The molecule has 0 aliphatic heterocycles. The van der Waals surface area contributed by atoms with E-state index in [9.17, 15) is 4.57 Å². The summed E-state index contributed by atoms with van der Waals surface area (Å²) >= 11 is 0. The summed E-state index contributed by atoms with van der Waals surface area (Å²) in [5.41, 5.74) is 2.50. The molecule has 0 fully saturated rings. The van der Waals surface area contributed by atoms with Gasteiger partial charge >= 0.3 is 0 Å². The van der Waals surface area contributed by atoms with E-state index in [1.165, 1.54) is 11.1 Å². The van der Waals surface area contributed by atoms with Crippen molar-refractivity contribution in [2.45, 2.75) is 26.7 Å². The van der Waals surface area contributed by atoms with Crippen LogP contribution < -0.4 is 10.6 Å². The van der Waals surface area contributed by atoms with Gasteiger partial charge in [-0.3, -0.25) is 0 Å². The summed E-state index contributed by atoms with van der Waals surface area (Å²) in [7, 11) is -1.86. The highest BCUT2D eigenvalue weighted by Crippen LogP contribution is 2.20. The van der Waals surface area contributed by atoms with Gasteiger partial charge < -0.3 is 4.57 Å². The highest BCUT2D eigenvalue weighted by atomic mass is 31.1. The Morgan fingerprint density at radius 2 is 1.28 bits per heavy atom. The van der Waals surface area contributed by atoms with Gasteiger partial charge in [0.15, 0.2) is 0 Å². The molecule has 2 aromatic carbocycles. The van der Waals surface area contributed by atoms with Crippen LogP contribution >= 0.6 is 7.80 Å². The van der Waals surface area contributed by atoms with Crippen LogP contribution in [0.2, 0.25) is 0 Å². The Kier molecular flexibility index (Phi) is 4.38. The van der Waals surface area contributed by atoms with Gasteiger partial charge in [0.25, 0.3) is 0 Å². The molecule has 0 heterocycles. The Labute approximate surface area is 110 Å². The van der Waals surface area contributed by atoms with Crippen molar-refractivity contribution in [1.82, 2.24) is 0 Å². The van der Waals surface area contributed by atoms with Crippen LogP contribution in [0.1, 0.15) is 25.0 Å². The number of benzene rings is 2. The molecule has 0 aliphatic rings. The summed E-state index contributed by atoms with van der Waals surface area (Å²) < 4.78 is 12.6. The third-order valence-corrected chi connectivity index (χ3v) is 4.87. The van der Waals surface area contributed by atoms with Crippen LogP contribution in [0.5, 0.6) is 0 Å². The number of hydrogen-bond acceptors (Lipinski definition) is 1. The van der Waals surface area contributed by atoms with E-state index in [2.05, 4.69) is 38.1 Å². The summed E-state index contributed by atoms with van der Waals surface area (Å²) in [5, 5.41) is 1.93. The van der Waals surface area contributed by atoms with Gasteiger partial charge in [0, 0.05) is 10.6 Å². The van der Waals surface area contributed by atoms with Crippen LogP contribution in [0.15, 0.2) is 48.5 Å². The van der Waals surface area contributed by atoms with Crippen LogP contribution in [0.4, 0.5) is 0 Å². The first kappa shape index (κ1) is 13.1. The molecule has 0 bridgehead atoms. The highest BCUT2D eigenvalue weighted by Gasteiger charge is 2.07. The zero-order chi connectivity index (χ0) is 13.0. The minimum absolute atomic E-state index is 0.965. The quantitative estimate of drug-likeness (QED) is 0.769. The van der Waals surface area contributed by atoms with Gasteiger partial charge in [-0.1, -0.05) is 50.2 Å². The first-order chi connectivity index (χ1) is 8.74. The minimum atomic E-state index is -1.86. The molecule has 18 heavy (non-hydrogen) atoms. The van der Waals surface area contributed by atoms with E-state index >= 15 is 0 Å². The largest absolute Gasteiger partial charge is 0.317 e. The summed E-state index contributed by atoms with van der Waals surface area (Å²) in [6.45, 7) is 4.24. The second-order valence-electron chi connectivity index (χ2n) is 4.44. The second kappa shape index (κ2) is 6.02. The Morgan fingerprint density at radius 3 is 1.67 bits per heavy atom. The highest BCUT2D eigenvalue weighted by molar-refractivity contribution is 7.61. The molecular formula is C16H19OP. The van der Waals surface area contributed by atoms with Crippen molar-refractivity contribution >= 4 is 18.4 Å². The molecule has 0 saturated heterocycles. The summed E-state index contributed by atoms with van der Waals surface area (Å²) in [6.07, 6.45) is 1.97. The third kappa shape index (κ3) is 2.91. The topological polar surface area (TPSA) is 17.1 Å². The van der Waals surface area contributed by atoms with Crippen LogP contribution in [0.25, 0.3) is 0 Å². The second-order valence-corrected chi connectivity index (χ2v) is 6.25. The summed E-state index contributed by atoms with van der Waals surface area (Å²) in [5.74, 6) is 0. The van der Waals surface area contributed by atoms with Crippen molar-refractivity contribution in [1.29, 1.82) is 0 Å². The lowest BCUT2D eigenvalue weighted by Crippen LogP contribution is -2.07. The van der Waals surface area contributed by atoms with Gasteiger partial charge in [0.2, 0.25) is 0 Å². The van der Waals surface area contributed by atoms with Crippen molar-refractivity contribution < 1.29 is 4.57 Å². The number of aryl methyl sites for hydroxylation is 2. The molecule has 2 aromatic rings. The zero-order valence-electron chi connectivity index (χ0n) is 10.9. The van der Waals surface area contributed by atoms with E-state index < -0.39 is 7.80 Å². The van der Waals surface area contributed by atoms with E-state index in [-0.39, 0.29) is 0 Å². The molecule has 2 heteroatoms. The molecule has 0 spiro atoms. The standard InChI is InChI=1S/C16H19OP/c1-3-13-7-5-9-15(11-13)18(17)16-10-6-8-14(4-2)12-16/h5-12,18H,3-4H2,1-2H3. The number of rotatable bonds is 4. The maximum Gasteiger partial charge on any atom is 0.131 e. The van der Waals surface area contributed by atoms with Crippen molar-refractivity contribution in [2.75, 3.05) is 0 Å². The predicted octanol–water partition coefficient (Wildman–Crippen LogP) is 3.32. The average molecular weight is 258 g/mol. The third-order valence-electron chi connectivity index (χ3n) is 3.19. The first-order valence-corrected chi connectivity index (χ1v) is 7.88. The van der Waals surface area contributed by atoms with Crippen LogP contribution in [-0.4, -0.2) is 0 Å². The lowest BCUT2D eigenvalue weighted by Gasteiger charge is -2.06. The molecular weight excluding hydrogens is 239 g/mol. The molecule has 0 atom stereocenters. The van der Waals surface area contributed by atoms with Crippen molar-refractivity contribution in [3.63, 3.8) is 0 Å². The molecule has 0 unspecified atom stereocenters. The Hall–Kier alpha value is -1.33. The monoisotopic (exact) mass is 258 g/mol. The number of hydrogen-bond donors (Lipinski definition) is 0. The molecule has 94 valence electrons. The van der Waals surface area contributed by atoms with Crippen LogP contribution in [0.3, 0.4) is 0 Å². The molecule has 1 nitrogen and oxygen atoms in total. The van der Waals surface area contributed by atoms with E-state index in [0.717, 1.165) is 23.5 Å². The molecule has 0 aliphatic carbocycles. The SMILES string of the molecule is CCc1cccc([PH](=O)c2cccc(CC)c2)c1. The van der Waals surface area contributed by atoms with Gasteiger partial charge in [-0.2, -0.15) is 0 Å². The zero-order valence-corrected chi connectivity index (χ0v) is 11.9. The van der Waals surface area contributed by atoms with Crippen LogP contribution in [-0.2, 0) is 17.4 Å². The fourth-order valence-corrected chi connectivity index (χ4v) is 3.49. The minimum Gasteiger partial charge on any atom is -0.317 e. The van der Waals surface area contributed by atoms with Crippen molar-refractivity contribution in [3.8, 4) is 0 Å². The lowest BCUT2D eigenvalue weighted by atomic mass is 10.2. The van der Waals surface area contributed by atoms with Gasteiger partial charge in [-0.05, 0) is 36.1 Å². The first-order valence-electron chi connectivity index (χ1n) is 6.47. The smallest absolute Gasteiger partial charge is 0.131 e. The maximum absolute atomic E-state index is 12.6. The lowest BCUT2D eigenvalue weighted by molar-refractivity contribution is 0.598. The molecule has 0 aromatic heterocycles.